The smallest absolute Gasteiger partial charge is 0.308 e. The lowest BCUT2D eigenvalue weighted by Crippen LogP contribution is -2.06. The van der Waals surface area contributed by atoms with Crippen LogP contribution in [0.15, 0.2) is 18.2 Å². The fourth-order valence-corrected chi connectivity index (χ4v) is 2.16. The number of carbonyl (C=O) groups excluding carboxylic acids is 2. The van der Waals surface area contributed by atoms with Crippen LogP contribution < -0.4 is 4.74 Å². The summed E-state index contributed by atoms with van der Waals surface area (Å²) in [6.45, 7) is 2.77. The highest BCUT2D eigenvalue weighted by Gasteiger charge is 2.27. The van der Waals surface area contributed by atoms with Gasteiger partial charge in [-0.1, -0.05) is 12.1 Å². The number of rotatable bonds is 2. The van der Waals surface area contributed by atoms with Gasteiger partial charge >= 0.3 is 11.9 Å². The fraction of sp³-hybridized carbons (Fsp3) is 0.385. The minimum Gasteiger partial charge on any atom is -0.458 e. The molecule has 1 aromatic carbocycles. The molecule has 0 fully saturated rings. The van der Waals surface area contributed by atoms with Crippen molar-refractivity contribution in [2.75, 3.05) is 0 Å². The van der Waals surface area contributed by atoms with Crippen molar-refractivity contribution in [3.8, 4) is 5.75 Å². The average Bonchev–Trinajstić information content (AvgIpc) is 2.61. The molecule has 0 aromatic heterocycles. The van der Waals surface area contributed by atoms with Crippen molar-refractivity contribution >= 4 is 11.9 Å². The third-order valence-electron chi connectivity index (χ3n) is 2.73. The van der Waals surface area contributed by atoms with E-state index in [0.717, 1.165) is 24.0 Å². The van der Waals surface area contributed by atoms with Gasteiger partial charge in [0.05, 0.1) is 0 Å². The fourth-order valence-electron chi connectivity index (χ4n) is 2.16. The number of benzene rings is 1. The van der Waals surface area contributed by atoms with E-state index in [1.807, 2.05) is 6.07 Å². The zero-order valence-electron chi connectivity index (χ0n) is 9.86. The van der Waals surface area contributed by atoms with E-state index in [0.29, 0.717) is 5.75 Å². The molecule has 0 radical (unpaired) electrons. The standard InChI is InChI=1S/C13H14O4/c1-8(14)16-12-5-3-4-10-11(12)6-7-13(10)17-9(2)15/h3-5,13H,6-7H2,1-2H3/t13-/m1/s1. The van der Waals surface area contributed by atoms with Crippen LogP contribution in [-0.4, -0.2) is 11.9 Å². The Morgan fingerprint density at radius 2 is 2.00 bits per heavy atom. The number of hydrogen-bond acceptors (Lipinski definition) is 4. The Bertz CT molecular complexity index is 464. The molecule has 0 saturated heterocycles. The second kappa shape index (κ2) is 4.57. The third kappa shape index (κ3) is 2.46. The summed E-state index contributed by atoms with van der Waals surface area (Å²) in [7, 11) is 0. The topological polar surface area (TPSA) is 52.6 Å². The summed E-state index contributed by atoms with van der Waals surface area (Å²) in [5.74, 6) is -0.0558. The van der Waals surface area contributed by atoms with Crippen LogP contribution in [0.3, 0.4) is 0 Å². The highest BCUT2D eigenvalue weighted by molar-refractivity contribution is 5.70. The van der Waals surface area contributed by atoms with Crippen LogP contribution >= 0.6 is 0 Å². The van der Waals surface area contributed by atoms with Crippen molar-refractivity contribution in [1.82, 2.24) is 0 Å². The summed E-state index contributed by atoms with van der Waals surface area (Å²) in [6.07, 6.45) is 1.29. The van der Waals surface area contributed by atoms with Gasteiger partial charge < -0.3 is 9.47 Å². The first-order chi connectivity index (χ1) is 8.08. The number of esters is 2. The van der Waals surface area contributed by atoms with Crippen LogP contribution in [0.4, 0.5) is 0 Å². The Hall–Kier alpha value is -1.84. The van der Waals surface area contributed by atoms with Gasteiger partial charge in [-0.2, -0.15) is 0 Å². The van der Waals surface area contributed by atoms with E-state index >= 15 is 0 Å². The van der Waals surface area contributed by atoms with Gasteiger partial charge in [-0.3, -0.25) is 9.59 Å². The predicted molar refractivity (Wildman–Crippen MR) is 60.6 cm³/mol. The Morgan fingerprint density at radius 1 is 1.24 bits per heavy atom. The molecular weight excluding hydrogens is 220 g/mol. The van der Waals surface area contributed by atoms with Crippen molar-refractivity contribution in [2.45, 2.75) is 32.8 Å². The average molecular weight is 234 g/mol. The Balaban J connectivity index is 2.28. The van der Waals surface area contributed by atoms with Crippen LogP contribution in [0.1, 0.15) is 37.5 Å². The summed E-state index contributed by atoms with van der Waals surface area (Å²) < 4.78 is 10.3. The molecule has 17 heavy (non-hydrogen) atoms. The van der Waals surface area contributed by atoms with Crippen molar-refractivity contribution in [1.29, 1.82) is 0 Å². The maximum atomic E-state index is 11.0. The summed E-state index contributed by atoms with van der Waals surface area (Å²) in [5.41, 5.74) is 1.91. The van der Waals surface area contributed by atoms with Gasteiger partial charge in [0.2, 0.25) is 0 Å². The Kier molecular flexibility index (Phi) is 3.13. The minimum absolute atomic E-state index is 0.210. The molecule has 0 N–H and O–H groups in total. The second-order valence-corrected chi connectivity index (χ2v) is 4.05. The normalized spacial score (nSPS) is 17.4. The number of carbonyl (C=O) groups is 2. The molecule has 90 valence electrons. The quantitative estimate of drug-likeness (QED) is 0.581. The van der Waals surface area contributed by atoms with E-state index < -0.39 is 0 Å². The molecule has 2 rings (SSSR count). The maximum absolute atomic E-state index is 11.0. The zero-order valence-corrected chi connectivity index (χ0v) is 9.86. The van der Waals surface area contributed by atoms with Crippen molar-refractivity contribution < 1.29 is 19.1 Å². The monoisotopic (exact) mass is 234 g/mol. The molecule has 0 saturated carbocycles. The number of hydrogen-bond donors (Lipinski definition) is 0. The van der Waals surface area contributed by atoms with E-state index in [2.05, 4.69) is 0 Å². The van der Waals surface area contributed by atoms with Crippen LogP contribution in [-0.2, 0) is 20.7 Å². The number of ether oxygens (including phenoxy) is 2. The van der Waals surface area contributed by atoms with Gasteiger partial charge in [0.15, 0.2) is 0 Å². The summed E-state index contributed by atoms with van der Waals surface area (Å²) in [5, 5.41) is 0. The summed E-state index contributed by atoms with van der Waals surface area (Å²) in [4.78, 5) is 21.9. The van der Waals surface area contributed by atoms with E-state index in [9.17, 15) is 9.59 Å². The molecule has 0 aliphatic heterocycles. The minimum atomic E-state index is -0.339. The lowest BCUT2D eigenvalue weighted by atomic mass is 10.1. The molecule has 4 nitrogen and oxygen atoms in total. The predicted octanol–water partition coefficient (Wildman–Crippen LogP) is 2.16. The highest BCUT2D eigenvalue weighted by Crippen LogP contribution is 2.39. The molecule has 0 heterocycles. The second-order valence-electron chi connectivity index (χ2n) is 4.05. The zero-order chi connectivity index (χ0) is 12.4. The van der Waals surface area contributed by atoms with Crippen molar-refractivity contribution in [3.05, 3.63) is 29.3 Å². The first-order valence-electron chi connectivity index (χ1n) is 5.55. The van der Waals surface area contributed by atoms with E-state index in [-0.39, 0.29) is 18.0 Å². The van der Waals surface area contributed by atoms with Crippen LogP contribution in [0.2, 0.25) is 0 Å². The van der Waals surface area contributed by atoms with E-state index in [1.165, 1.54) is 13.8 Å². The molecule has 0 spiro atoms. The molecule has 1 atom stereocenters. The molecule has 1 aliphatic rings. The molecule has 0 amide bonds. The van der Waals surface area contributed by atoms with Gasteiger partial charge in [0.1, 0.15) is 11.9 Å². The van der Waals surface area contributed by atoms with Gasteiger partial charge in [0, 0.05) is 19.4 Å². The highest BCUT2D eigenvalue weighted by atomic mass is 16.5. The molecule has 0 bridgehead atoms. The summed E-state index contributed by atoms with van der Waals surface area (Å²) in [6, 6.07) is 5.47. The van der Waals surface area contributed by atoms with Crippen LogP contribution in [0.25, 0.3) is 0 Å². The molecular formula is C13H14O4. The van der Waals surface area contributed by atoms with Crippen molar-refractivity contribution in [3.63, 3.8) is 0 Å². The van der Waals surface area contributed by atoms with Gasteiger partial charge in [-0.25, -0.2) is 0 Å². The Morgan fingerprint density at radius 3 is 2.65 bits per heavy atom. The molecule has 1 aliphatic carbocycles. The van der Waals surface area contributed by atoms with Gasteiger partial charge in [0.25, 0.3) is 0 Å². The van der Waals surface area contributed by atoms with E-state index in [4.69, 9.17) is 9.47 Å². The van der Waals surface area contributed by atoms with Gasteiger partial charge in [-0.05, 0) is 24.5 Å². The third-order valence-corrected chi connectivity index (χ3v) is 2.73. The molecule has 1 aromatic rings. The van der Waals surface area contributed by atoms with Crippen LogP contribution in [0.5, 0.6) is 5.75 Å². The van der Waals surface area contributed by atoms with Crippen LogP contribution in [0, 0.1) is 0 Å². The first-order valence-corrected chi connectivity index (χ1v) is 5.55. The van der Waals surface area contributed by atoms with Crippen molar-refractivity contribution in [2.24, 2.45) is 0 Å². The largest absolute Gasteiger partial charge is 0.458 e. The van der Waals surface area contributed by atoms with Gasteiger partial charge in [-0.15, -0.1) is 0 Å². The summed E-state index contributed by atoms with van der Waals surface area (Å²) >= 11 is 0. The lowest BCUT2D eigenvalue weighted by Gasteiger charge is -2.12. The number of fused-ring (bicyclic) bond motifs is 1. The first kappa shape index (κ1) is 11.6. The van der Waals surface area contributed by atoms with E-state index in [1.54, 1.807) is 12.1 Å². The molecule has 4 heteroatoms. The maximum Gasteiger partial charge on any atom is 0.308 e. The Labute approximate surface area is 99.5 Å². The SMILES string of the molecule is CC(=O)Oc1cccc2c1CC[C@H]2OC(C)=O. The lowest BCUT2D eigenvalue weighted by molar-refractivity contribution is -0.146. The molecule has 0 unspecified atom stereocenters.